The van der Waals surface area contributed by atoms with Crippen LogP contribution in [-0.4, -0.2) is 24.2 Å². The number of halogens is 1. The SMILES string of the molecule is O=[N+]([O-])c1ccc(CS(=O)(=O)N2CCCC2c2cccc(F)c2)cc1. The van der Waals surface area contributed by atoms with Gasteiger partial charge in [-0.3, -0.25) is 10.1 Å². The Morgan fingerprint density at radius 2 is 1.92 bits per heavy atom. The highest BCUT2D eigenvalue weighted by atomic mass is 32.2. The summed E-state index contributed by atoms with van der Waals surface area (Å²) in [6.45, 7) is 0.385. The quantitative estimate of drug-likeness (QED) is 0.601. The van der Waals surface area contributed by atoms with E-state index in [0.29, 0.717) is 30.5 Å². The smallest absolute Gasteiger partial charge is 0.258 e. The number of sulfonamides is 1. The van der Waals surface area contributed by atoms with Crippen molar-refractivity contribution in [2.24, 2.45) is 0 Å². The van der Waals surface area contributed by atoms with Crippen LogP contribution < -0.4 is 0 Å². The monoisotopic (exact) mass is 364 g/mol. The van der Waals surface area contributed by atoms with Gasteiger partial charge in [-0.05, 0) is 36.1 Å². The standard InChI is InChI=1S/C17H17FN2O4S/c18-15-4-1-3-14(11-15)17-5-2-10-19(17)25(23,24)12-13-6-8-16(9-7-13)20(21)22/h1,3-4,6-9,11,17H,2,5,10,12H2. The molecule has 132 valence electrons. The first-order chi connectivity index (χ1) is 11.9. The number of rotatable bonds is 5. The summed E-state index contributed by atoms with van der Waals surface area (Å²) in [6, 6.07) is 11.1. The van der Waals surface area contributed by atoms with Crippen LogP contribution in [0.5, 0.6) is 0 Å². The van der Waals surface area contributed by atoms with Crippen molar-refractivity contribution in [1.29, 1.82) is 0 Å². The minimum Gasteiger partial charge on any atom is -0.258 e. The van der Waals surface area contributed by atoms with Gasteiger partial charge >= 0.3 is 0 Å². The molecule has 0 saturated carbocycles. The molecule has 2 aromatic carbocycles. The van der Waals surface area contributed by atoms with Gasteiger partial charge in [0.05, 0.1) is 10.7 Å². The van der Waals surface area contributed by atoms with Gasteiger partial charge in [0.15, 0.2) is 0 Å². The van der Waals surface area contributed by atoms with Crippen molar-refractivity contribution in [2.75, 3.05) is 6.54 Å². The third-order valence-electron chi connectivity index (χ3n) is 4.29. The van der Waals surface area contributed by atoms with E-state index in [-0.39, 0.29) is 17.5 Å². The summed E-state index contributed by atoms with van der Waals surface area (Å²) in [5.74, 6) is -0.631. The lowest BCUT2D eigenvalue weighted by molar-refractivity contribution is -0.384. The molecule has 1 unspecified atom stereocenters. The van der Waals surface area contributed by atoms with E-state index < -0.39 is 20.8 Å². The van der Waals surface area contributed by atoms with Crippen molar-refractivity contribution in [3.05, 3.63) is 75.6 Å². The topological polar surface area (TPSA) is 80.5 Å². The molecular formula is C17H17FN2O4S. The van der Waals surface area contributed by atoms with Crippen molar-refractivity contribution in [3.63, 3.8) is 0 Å². The zero-order chi connectivity index (χ0) is 18.0. The van der Waals surface area contributed by atoms with Crippen molar-refractivity contribution in [2.45, 2.75) is 24.6 Å². The van der Waals surface area contributed by atoms with Crippen molar-refractivity contribution < 1.29 is 17.7 Å². The van der Waals surface area contributed by atoms with Gasteiger partial charge in [0.1, 0.15) is 5.82 Å². The van der Waals surface area contributed by atoms with Crippen LogP contribution >= 0.6 is 0 Å². The van der Waals surface area contributed by atoms with Gasteiger partial charge in [-0.2, -0.15) is 4.31 Å². The first-order valence-corrected chi connectivity index (χ1v) is 9.46. The molecule has 2 aromatic rings. The number of hydrogen-bond donors (Lipinski definition) is 0. The number of non-ortho nitro benzene ring substituents is 1. The largest absolute Gasteiger partial charge is 0.269 e. The Labute approximate surface area is 145 Å². The molecule has 6 nitrogen and oxygen atoms in total. The molecule has 0 radical (unpaired) electrons. The fraction of sp³-hybridized carbons (Fsp3) is 0.294. The van der Waals surface area contributed by atoms with E-state index >= 15 is 0 Å². The molecule has 0 N–H and O–H groups in total. The van der Waals surface area contributed by atoms with Gasteiger partial charge in [0, 0.05) is 24.7 Å². The first kappa shape index (κ1) is 17.5. The maximum Gasteiger partial charge on any atom is 0.269 e. The molecule has 0 aliphatic carbocycles. The molecule has 1 aliphatic heterocycles. The molecule has 1 heterocycles. The van der Waals surface area contributed by atoms with Crippen LogP contribution in [0.3, 0.4) is 0 Å². The van der Waals surface area contributed by atoms with E-state index in [9.17, 15) is 22.9 Å². The Hall–Kier alpha value is -2.32. The second kappa shape index (κ2) is 6.89. The van der Waals surface area contributed by atoms with Gasteiger partial charge in [-0.25, -0.2) is 12.8 Å². The van der Waals surface area contributed by atoms with E-state index in [1.54, 1.807) is 12.1 Å². The average molecular weight is 364 g/mol. The van der Waals surface area contributed by atoms with Crippen LogP contribution in [0.2, 0.25) is 0 Å². The van der Waals surface area contributed by atoms with Crippen LogP contribution in [0.15, 0.2) is 48.5 Å². The predicted molar refractivity (Wildman–Crippen MR) is 90.8 cm³/mol. The Morgan fingerprint density at radius 3 is 2.56 bits per heavy atom. The van der Waals surface area contributed by atoms with E-state index in [2.05, 4.69) is 0 Å². The molecule has 0 aromatic heterocycles. The summed E-state index contributed by atoms with van der Waals surface area (Å²) < 4.78 is 40.5. The summed E-state index contributed by atoms with van der Waals surface area (Å²) in [5.41, 5.74) is 1.04. The lowest BCUT2D eigenvalue weighted by Gasteiger charge is -2.24. The van der Waals surface area contributed by atoms with Crippen LogP contribution in [0.1, 0.15) is 30.0 Å². The molecule has 1 saturated heterocycles. The van der Waals surface area contributed by atoms with Crippen LogP contribution in [-0.2, 0) is 15.8 Å². The maximum absolute atomic E-state index is 13.5. The molecule has 1 fully saturated rings. The first-order valence-electron chi connectivity index (χ1n) is 7.85. The highest BCUT2D eigenvalue weighted by Crippen LogP contribution is 2.35. The molecule has 8 heteroatoms. The molecule has 1 aliphatic rings. The molecular weight excluding hydrogens is 347 g/mol. The predicted octanol–water partition coefficient (Wildman–Crippen LogP) is 3.40. The molecule has 3 rings (SSSR count). The number of hydrogen-bond acceptors (Lipinski definition) is 4. The van der Waals surface area contributed by atoms with E-state index in [1.807, 2.05) is 0 Å². The summed E-state index contributed by atoms with van der Waals surface area (Å²) in [4.78, 5) is 10.2. The minimum atomic E-state index is -3.62. The molecule has 0 spiro atoms. The molecule has 25 heavy (non-hydrogen) atoms. The van der Waals surface area contributed by atoms with Crippen LogP contribution in [0.25, 0.3) is 0 Å². The third-order valence-corrected chi connectivity index (χ3v) is 6.14. The lowest BCUT2D eigenvalue weighted by atomic mass is 10.1. The molecule has 1 atom stereocenters. The zero-order valence-corrected chi connectivity index (χ0v) is 14.2. The Balaban J connectivity index is 1.82. The van der Waals surface area contributed by atoms with Crippen molar-refractivity contribution in [1.82, 2.24) is 4.31 Å². The Kier molecular flexibility index (Phi) is 4.82. The van der Waals surface area contributed by atoms with Crippen molar-refractivity contribution in [3.8, 4) is 0 Å². The van der Waals surface area contributed by atoms with Gasteiger partial charge in [0.2, 0.25) is 10.0 Å². The Morgan fingerprint density at radius 1 is 1.20 bits per heavy atom. The van der Waals surface area contributed by atoms with Gasteiger partial charge in [0.25, 0.3) is 5.69 Å². The molecule has 0 amide bonds. The van der Waals surface area contributed by atoms with Crippen molar-refractivity contribution >= 4 is 15.7 Å². The lowest BCUT2D eigenvalue weighted by Crippen LogP contribution is -2.31. The van der Waals surface area contributed by atoms with Crippen LogP contribution in [0.4, 0.5) is 10.1 Å². The van der Waals surface area contributed by atoms with Gasteiger partial charge in [-0.15, -0.1) is 0 Å². The average Bonchev–Trinajstić information content (AvgIpc) is 3.05. The maximum atomic E-state index is 13.5. The fourth-order valence-electron chi connectivity index (χ4n) is 3.13. The highest BCUT2D eigenvalue weighted by molar-refractivity contribution is 7.88. The second-order valence-electron chi connectivity index (χ2n) is 6.00. The number of benzene rings is 2. The highest BCUT2D eigenvalue weighted by Gasteiger charge is 2.35. The third kappa shape index (κ3) is 3.85. The van der Waals surface area contributed by atoms with Crippen LogP contribution in [0, 0.1) is 15.9 Å². The van der Waals surface area contributed by atoms with E-state index in [4.69, 9.17) is 0 Å². The zero-order valence-electron chi connectivity index (χ0n) is 13.3. The second-order valence-corrected chi connectivity index (χ2v) is 7.93. The summed E-state index contributed by atoms with van der Waals surface area (Å²) in [7, 11) is -3.62. The number of nitrogens with zero attached hydrogens (tertiary/aromatic N) is 2. The summed E-state index contributed by atoms with van der Waals surface area (Å²) in [6.07, 6.45) is 1.35. The molecule has 0 bridgehead atoms. The Bertz CT molecular complexity index is 884. The number of nitro benzene ring substituents is 1. The number of nitro groups is 1. The fourth-order valence-corrected chi connectivity index (χ4v) is 4.93. The normalized spacial score (nSPS) is 18.4. The van der Waals surface area contributed by atoms with E-state index in [1.165, 1.54) is 40.7 Å². The summed E-state index contributed by atoms with van der Waals surface area (Å²) >= 11 is 0. The van der Waals surface area contributed by atoms with E-state index in [0.717, 1.165) is 0 Å². The minimum absolute atomic E-state index is 0.0834. The van der Waals surface area contributed by atoms with Gasteiger partial charge in [-0.1, -0.05) is 24.3 Å². The van der Waals surface area contributed by atoms with Gasteiger partial charge < -0.3 is 0 Å². The summed E-state index contributed by atoms with van der Waals surface area (Å²) in [5, 5.41) is 10.7.